The van der Waals surface area contributed by atoms with E-state index in [1.54, 1.807) is 29.2 Å². The lowest BCUT2D eigenvalue weighted by molar-refractivity contribution is -0.107. The van der Waals surface area contributed by atoms with Crippen LogP contribution in [0.15, 0.2) is 30.3 Å². The van der Waals surface area contributed by atoms with Crippen LogP contribution in [0.3, 0.4) is 0 Å². The predicted molar refractivity (Wildman–Crippen MR) is 94.2 cm³/mol. The number of Topliss-reactive ketones (excluding diaryl/α,β-unsaturated/α-hetero) is 1. The molecule has 0 bridgehead atoms. The first-order valence-electron chi connectivity index (χ1n) is 7.50. The second kappa shape index (κ2) is 7.15. The van der Waals surface area contributed by atoms with E-state index in [1.165, 1.54) is 11.3 Å². The molecule has 0 fully saturated rings. The van der Waals surface area contributed by atoms with Crippen LogP contribution < -0.4 is 10.2 Å². The van der Waals surface area contributed by atoms with Gasteiger partial charge < -0.3 is 10.2 Å². The van der Waals surface area contributed by atoms with E-state index < -0.39 is 0 Å². The van der Waals surface area contributed by atoms with E-state index in [1.807, 2.05) is 6.07 Å². The van der Waals surface area contributed by atoms with Crippen molar-refractivity contribution in [2.45, 2.75) is 12.8 Å². The molecular weight excluding hydrogens is 348 g/mol. The third kappa shape index (κ3) is 3.49. The molecule has 0 atom stereocenters. The molecule has 0 unspecified atom stereocenters. The van der Waals surface area contributed by atoms with Crippen molar-refractivity contribution in [2.24, 2.45) is 0 Å². The number of nitrogens with zero attached hydrogens (tertiary/aromatic N) is 1. The first-order chi connectivity index (χ1) is 11.6. The molecule has 0 radical (unpaired) electrons. The van der Waals surface area contributed by atoms with Crippen LogP contribution in [0, 0.1) is 0 Å². The third-order valence-electron chi connectivity index (χ3n) is 3.89. The largest absolute Gasteiger partial charge is 0.351 e. The van der Waals surface area contributed by atoms with E-state index in [9.17, 15) is 14.4 Å². The van der Waals surface area contributed by atoms with Crippen LogP contribution in [0.2, 0.25) is 4.34 Å². The summed E-state index contributed by atoms with van der Waals surface area (Å²) in [5.74, 6) is -0.262. The van der Waals surface area contributed by atoms with Gasteiger partial charge in [-0.25, -0.2) is 0 Å². The molecule has 0 saturated heterocycles. The number of ketones is 1. The quantitative estimate of drug-likeness (QED) is 0.634. The van der Waals surface area contributed by atoms with Gasteiger partial charge in [-0.1, -0.05) is 11.6 Å². The van der Waals surface area contributed by atoms with Gasteiger partial charge in [0.2, 0.25) is 6.41 Å². The van der Waals surface area contributed by atoms with E-state index in [-0.39, 0.29) is 24.7 Å². The SMILES string of the molecule is O=CN1CCc2cc(C(=O)CCNC(=O)c3ccc(Cl)s3)ccc21. The zero-order valence-electron chi connectivity index (χ0n) is 12.8. The summed E-state index contributed by atoms with van der Waals surface area (Å²) in [7, 11) is 0. The summed E-state index contributed by atoms with van der Waals surface area (Å²) in [5, 5.41) is 2.72. The number of thiophene rings is 1. The van der Waals surface area contributed by atoms with Crippen LogP contribution in [0.5, 0.6) is 0 Å². The Hall–Kier alpha value is -2.18. The number of hydrogen-bond donors (Lipinski definition) is 1. The normalized spacial score (nSPS) is 12.8. The molecule has 1 aromatic heterocycles. The van der Waals surface area contributed by atoms with Crippen molar-refractivity contribution in [2.75, 3.05) is 18.0 Å². The van der Waals surface area contributed by atoms with Crippen LogP contribution in [0.4, 0.5) is 5.69 Å². The van der Waals surface area contributed by atoms with Crippen LogP contribution in [-0.4, -0.2) is 31.2 Å². The number of benzene rings is 1. The molecule has 3 rings (SSSR count). The topological polar surface area (TPSA) is 66.5 Å². The van der Waals surface area contributed by atoms with E-state index in [0.717, 1.165) is 24.1 Å². The van der Waals surface area contributed by atoms with Gasteiger partial charge in [0, 0.05) is 30.8 Å². The van der Waals surface area contributed by atoms with Crippen LogP contribution in [0.25, 0.3) is 0 Å². The van der Waals surface area contributed by atoms with Crippen molar-refractivity contribution >= 4 is 46.7 Å². The fraction of sp³-hybridized carbons (Fsp3) is 0.235. The van der Waals surface area contributed by atoms with Gasteiger partial charge in [0.05, 0.1) is 9.21 Å². The summed E-state index contributed by atoms with van der Waals surface area (Å²) in [5.41, 5.74) is 2.48. The summed E-state index contributed by atoms with van der Waals surface area (Å²) in [6, 6.07) is 8.69. The molecule has 1 aliphatic heterocycles. The van der Waals surface area contributed by atoms with Gasteiger partial charge in [0.25, 0.3) is 5.91 Å². The lowest BCUT2D eigenvalue weighted by Gasteiger charge is -2.10. The monoisotopic (exact) mass is 362 g/mol. The summed E-state index contributed by atoms with van der Waals surface area (Å²) in [6.07, 6.45) is 1.78. The molecule has 1 aliphatic rings. The number of carbonyl (C=O) groups is 3. The summed E-state index contributed by atoms with van der Waals surface area (Å²) < 4.78 is 0.554. The second-order valence-corrected chi connectivity index (χ2v) is 7.14. The van der Waals surface area contributed by atoms with E-state index >= 15 is 0 Å². The smallest absolute Gasteiger partial charge is 0.261 e. The molecule has 24 heavy (non-hydrogen) atoms. The van der Waals surface area contributed by atoms with Crippen molar-refractivity contribution in [1.29, 1.82) is 0 Å². The molecule has 1 N–H and O–H groups in total. The number of nitrogens with one attached hydrogen (secondary N) is 1. The number of carbonyl (C=O) groups excluding carboxylic acids is 3. The maximum atomic E-state index is 12.3. The van der Waals surface area contributed by atoms with Gasteiger partial charge >= 0.3 is 0 Å². The fourth-order valence-corrected chi connectivity index (χ4v) is 3.63. The van der Waals surface area contributed by atoms with Crippen molar-refractivity contribution < 1.29 is 14.4 Å². The summed E-state index contributed by atoms with van der Waals surface area (Å²) in [6.45, 7) is 0.917. The standard InChI is InChI=1S/C17H15ClN2O3S/c18-16-4-3-15(24-16)17(23)19-7-5-14(22)12-1-2-13-11(9-12)6-8-20(13)10-21/h1-4,9-10H,5-8H2,(H,19,23). The van der Waals surface area contributed by atoms with Gasteiger partial charge in [-0.3, -0.25) is 14.4 Å². The average molecular weight is 363 g/mol. The Labute approximate surface area is 148 Å². The molecule has 2 amide bonds. The molecule has 7 heteroatoms. The lowest BCUT2D eigenvalue weighted by atomic mass is 10.0. The molecule has 2 heterocycles. The third-order valence-corrected chi connectivity index (χ3v) is 5.12. The van der Waals surface area contributed by atoms with Gasteiger partial charge in [0.15, 0.2) is 5.78 Å². The van der Waals surface area contributed by atoms with Gasteiger partial charge in [0.1, 0.15) is 0 Å². The van der Waals surface area contributed by atoms with Crippen molar-refractivity contribution in [3.05, 3.63) is 50.7 Å². The zero-order chi connectivity index (χ0) is 17.1. The Morgan fingerprint density at radius 1 is 1.29 bits per heavy atom. The summed E-state index contributed by atoms with van der Waals surface area (Å²) in [4.78, 5) is 37.2. The Morgan fingerprint density at radius 3 is 2.83 bits per heavy atom. The molecule has 0 spiro atoms. The van der Waals surface area contributed by atoms with Crippen LogP contribution >= 0.6 is 22.9 Å². The summed E-state index contributed by atoms with van der Waals surface area (Å²) >= 11 is 7.00. The number of fused-ring (bicyclic) bond motifs is 1. The van der Waals surface area contributed by atoms with Gasteiger partial charge in [-0.05, 0) is 42.3 Å². The molecule has 0 aliphatic carbocycles. The minimum atomic E-state index is -0.227. The second-order valence-electron chi connectivity index (χ2n) is 5.43. The fourth-order valence-electron chi connectivity index (χ4n) is 2.67. The van der Waals surface area contributed by atoms with Crippen molar-refractivity contribution in [1.82, 2.24) is 5.32 Å². The molecule has 0 saturated carbocycles. The predicted octanol–water partition coefficient (Wildman–Crippen LogP) is 2.92. The highest BCUT2D eigenvalue weighted by Gasteiger charge is 2.20. The van der Waals surface area contributed by atoms with Gasteiger partial charge in [-0.15, -0.1) is 11.3 Å². The number of amides is 2. The Kier molecular flexibility index (Phi) is 4.97. The van der Waals surface area contributed by atoms with E-state index in [0.29, 0.717) is 21.3 Å². The maximum Gasteiger partial charge on any atom is 0.261 e. The number of hydrogen-bond acceptors (Lipinski definition) is 4. The number of rotatable bonds is 6. The minimum absolute atomic E-state index is 0.0353. The zero-order valence-corrected chi connectivity index (χ0v) is 14.3. The van der Waals surface area contributed by atoms with Crippen LogP contribution in [-0.2, 0) is 11.2 Å². The van der Waals surface area contributed by atoms with E-state index in [2.05, 4.69) is 5.32 Å². The highest BCUT2D eigenvalue weighted by atomic mass is 35.5. The highest BCUT2D eigenvalue weighted by molar-refractivity contribution is 7.17. The first kappa shape index (κ1) is 16.7. The molecule has 1 aromatic carbocycles. The average Bonchev–Trinajstić information content (AvgIpc) is 3.19. The molecule has 2 aromatic rings. The molecular formula is C17H15ClN2O3S. The number of halogens is 1. The minimum Gasteiger partial charge on any atom is -0.351 e. The van der Waals surface area contributed by atoms with Crippen LogP contribution in [0.1, 0.15) is 32.0 Å². The van der Waals surface area contributed by atoms with E-state index in [4.69, 9.17) is 11.6 Å². The maximum absolute atomic E-state index is 12.3. The highest BCUT2D eigenvalue weighted by Crippen LogP contribution is 2.28. The Bertz CT molecular complexity index is 803. The first-order valence-corrected chi connectivity index (χ1v) is 8.69. The molecule has 124 valence electrons. The van der Waals surface area contributed by atoms with Crippen molar-refractivity contribution in [3.8, 4) is 0 Å². The molecule has 5 nitrogen and oxygen atoms in total. The Morgan fingerprint density at radius 2 is 2.12 bits per heavy atom. The lowest BCUT2D eigenvalue weighted by Crippen LogP contribution is -2.25. The Balaban J connectivity index is 1.56. The van der Waals surface area contributed by atoms with Crippen molar-refractivity contribution in [3.63, 3.8) is 0 Å². The van der Waals surface area contributed by atoms with Gasteiger partial charge in [-0.2, -0.15) is 0 Å². The number of anilines is 1.